The van der Waals surface area contributed by atoms with Crippen LogP contribution in [0.15, 0.2) is 24.3 Å². The van der Waals surface area contributed by atoms with Gasteiger partial charge in [0.05, 0.1) is 0 Å². The quantitative estimate of drug-likeness (QED) is 0.873. The number of ether oxygens (including phenoxy) is 1. The van der Waals surface area contributed by atoms with E-state index in [1.54, 1.807) is 0 Å². The van der Waals surface area contributed by atoms with Gasteiger partial charge in [-0.3, -0.25) is 0 Å². The van der Waals surface area contributed by atoms with E-state index >= 15 is 0 Å². The lowest BCUT2D eigenvalue weighted by Gasteiger charge is -2.26. The number of hydrogen-bond acceptors (Lipinski definition) is 2. The van der Waals surface area contributed by atoms with Crippen LogP contribution in [0.25, 0.3) is 0 Å². The number of benzene rings is 1. The van der Waals surface area contributed by atoms with Gasteiger partial charge in [-0.2, -0.15) is 0 Å². The molecule has 3 nitrogen and oxygen atoms in total. The summed E-state index contributed by atoms with van der Waals surface area (Å²) >= 11 is 0. The van der Waals surface area contributed by atoms with Gasteiger partial charge < -0.3 is 10.1 Å². The molecule has 0 atom stereocenters. The average molecular weight is 251 g/mol. The molecular weight excluding hydrogens is 233 g/mol. The maximum Gasteiger partial charge on any atom is 0.412 e. The summed E-state index contributed by atoms with van der Waals surface area (Å²) in [5.41, 5.74) is 0. The Bertz CT molecular complexity index is 397. The van der Waals surface area contributed by atoms with Gasteiger partial charge in [0.25, 0.3) is 0 Å². The van der Waals surface area contributed by atoms with E-state index in [9.17, 15) is 9.18 Å². The molecule has 0 saturated heterocycles. The molecule has 0 unspecified atom stereocenters. The van der Waals surface area contributed by atoms with Crippen LogP contribution in [0, 0.1) is 11.7 Å². The molecule has 1 aliphatic carbocycles. The number of hydrogen-bond donors (Lipinski definition) is 1. The minimum atomic E-state index is -0.457. The second-order valence-corrected chi connectivity index (χ2v) is 4.94. The Labute approximate surface area is 106 Å². The van der Waals surface area contributed by atoms with Crippen LogP contribution < -0.4 is 10.1 Å². The Morgan fingerprint density at radius 2 is 1.83 bits per heavy atom. The van der Waals surface area contributed by atoms with Crippen LogP contribution in [-0.4, -0.2) is 12.1 Å². The lowest BCUT2D eigenvalue weighted by Crippen LogP contribution is -2.39. The van der Waals surface area contributed by atoms with Crippen LogP contribution >= 0.6 is 0 Å². The maximum atomic E-state index is 12.7. The predicted molar refractivity (Wildman–Crippen MR) is 67.0 cm³/mol. The van der Waals surface area contributed by atoms with Crippen LogP contribution in [0.3, 0.4) is 0 Å². The predicted octanol–water partition coefficient (Wildman–Crippen LogP) is 3.49. The van der Waals surface area contributed by atoms with Crippen molar-refractivity contribution in [2.75, 3.05) is 0 Å². The van der Waals surface area contributed by atoms with Gasteiger partial charge in [-0.25, -0.2) is 9.18 Å². The van der Waals surface area contributed by atoms with Crippen LogP contribution in [0.1, 0.15) is 32.6 Å². The molecule has 0 radical (unpaired) electrons. The zero-order valence-corrected chi connectivity index (χ0v) is 10.5. The Hall–Kier alpha value is -1.58. The van der Waals surface area contributed by atoms with Gasteiger partial charge in [0, 0.05) is 6.04 Å². The summed E-state index contributed by atoms with van der Waals surface area (Å²) in [7, 11) is 0. The molecular formula is C14H18FNO2. The van der Waals surface area contributed by atoms with Gasteiger partial charge in [0.1, 0.15) is 11.6 Å². The van der Waals surface area contributed by atoms with Crippen molar-refractivity contribution in [2.24, 2.45) is 5.92 Å². The number of carbonyl (C=O) groups is 1. The van der Waals surface area contributed by atoms with Crippen LogP contribution in [0.5, 0.6) is 5.75 Å². The fraction of sp³-hybridized carbons (Fsp3) is 0.500. The first-order valence-electron chi connectivity index (χ1n) is 6.37. The highest BCUT2D eigenvalue weighted by molar-refractivity contribution is 5.70. The van der Waals surface area contributed by atoms with E-state index in [4.69, 9.17) is 4.74 Å². The van der Waals surface area contributed by atoms with Crippen LogP contribution in [-0.2, 0) is 0 Å². The minimum Gasteiger partial charge on any atom is -0.410 e. The molecule has 1 aromatic carbocycles. The molecule has 1 aliphatic rings. The molecule has 0 bridgehead atoms. The zero-order valence-electron chi connectivity index (χ0n) is 10.5. The summed E-state index contributed by atoms with van der Waals surface area (Å²) in [6.07, 6.45) is 3.82. The highest BCUT2D eigenvalue weighted by Gasteiger charge is 2.20. The monoisotopic (exact) mass is 251 g/mol. The fourth-order valence-corrected chi connectivity index (χ4v) is 2.21. The van der Waals surface area contributed by atoms with E-state index < -0.39 is 6.09 Å². The largest absolute Gasteiger partial charge is 0.412 e. The molecule has 0 aromatic heterocycles. The highest BCUT2D eigenvalue weighted by Crippen LogP contribution is 2.23. The van der Waals surface area contributed by atoms with Crippen molar-refractivity contribution in [3.63, 3.8) is 0 Å². The molecule has 98 valence electrons. The average Bonchev–Trinajstić information content (AvgIpc) is 2.35. The summed E-state index contributed by atoms with van der Waals surface area (Å²) in [4.78, 5) is 11.6. The van der Waals surface area contributed by atoms with Gasteiger partial charge in [-0.15, -0.1) is 0 Å². The molecule has 0 heterocycles. The summed E-state index contributed by atoms with van der Waals surface area (Å²) < 4.78 is 17.8. The summed E-state index contributed by atoms with van der Waals surface area (Å²) in [5, 5.41) is 2.85. The fourth-order valence-electron chi connectivity index (χ4n) is 2.21. The summed E-state index contributed by atoms with van der Waals surface area (Å²) in [5.74, 6) is 0.762. The van der Waals surface area contributed by atoms with Gasteiger partial charge in [0.15, 0.2) is 0 Å². The van der Waals surface area contributed by atoms with Crippen molar-refractivity contribution in [3.8, 4) is 5.75 Å². The summed E-state index contributed by atoms with van der Waals surface area (Å²) in [6.45, 7) is 2.23. The van der Waals surface area contributed by atoms with Crippen molar-refractivity contribution < 1.29 is 13.9 Å². The molecule has 0 spiro atoms. The summed E-state index contributed by atoms with van der Waals surface area (Å²) in [6, 6.07) is 5.63. The van der Waals surface area contributed by atoms with E-state index in [2.05, 4.69) is 12.2 Å². The van der Waals surface area contributed by atoms with E-state index in [-0.39, 0.29) is 11.9 Å². The molecule has 0 aliphatic heterocycles. The second kappa shape index (κ2) is 5.85. The third-order valence-corrected chi connectivity index (χ3v) is 3.36. The van der Waals surface area contributed by atoms with Crippen molar-refractivity contribution in [2.45, 2.75) is 38.6 Å². The normalized spacial score (nSPS) is 23.4. The molecule has 1 aromatic rings. The maximum absolute atomic E-state index is 12.7. The van der Waals surface area contributed by atoms with Gasteiger partial charge in [0.2, 0.25) is 0 Å². The van der Waals surface area contributed by atoms with E-state index in [1.807, 2.05) is 0 Å². The number of halogens is 1. The number of carbonyl (C=O) groups excluding carboxylic acids is 1. The molecule has 4 heteroatoms. The third-order valence-electron chi connectivity index (χ3n) is 3.36. The lowest BCUT2D eigenvalue weighted by atomic mass is 9.87. The molecule has 18 heavy (non-hydrogen) atoms. The van der Waals surface area contributed by atoms with Crippen molar-refractivity contribution >= 4 is 6.09 Å². The van der Waals surface area contributed by atoms with Gasteiger partial charge in [-0.05, 0) is 55.9 Å². The van der Waals surface area contributed by atoms with Crippen molar-refractivity contribution in [1.29, 1.82) is 0 Å². The minimum absolute atomic E-state index is 0.203. The SMILES string of the molecule is CC1CCC(NC(=O)Oc2ccc(F)cc2)CC1. The van der Waals surface area contributed by atoms with Crippen molar-refractivity contribution in [3.05, 3.63) is 30.1 Å². The third kappa shape index (κ3) is 3.72. The molecule has 1 saturated carbocycles. The molecule has 2 rings (SSSR count). The Balaban J connectivity index is 1.80. The first-order valence-corrected chi connectivity index (χ1v) is 6.37. The Morgan fingerprint density at radius 3 is 2.44 bits per heavy atom. The zero-order chi connectivity index (χ0) is 13.0. The number of rotatable bonds is 2. The van der Waals surface area contributed by atoms with E-state index in [1.165, 1.54) is 24.3 Å². The molecule has 1 N–H and O–H groups in total. The van der Waals surface area contributed by atoms with E-state index in [0.717, 1.165) is 31.6 Å². The van der Waals surface area contributed by atoms with Crippen LogP contribution in [0.4, 0.5) is 9.18 Å². The number of amides is 1. The molecule has 1 fully saturated rings. The smallest absolute Gasteiger partial charge is 0.410 e. The van der Waals surface area contributed by atoms with Gasteiger partial charge >= 0.3 is 6.09 Å². The lowest BCUT2D eigenvalue weighted by molar-refractivity contribution is 0.189. The topological polar surface area (TPSA) is 38.3 Å². The number of nitrogens with one attached hydrogen (secondary N) is 1. The Morgan fingerprint density at radius 1 is 1.22 bits per heavy atom. The first kappa shape index (κ1) is 12.9. The highest BCUT2D eigenvalue weighted by atomic mass is 19.1. The first-order chi connectivity index (χ1) is 8.63. The van der Waals surface area contributed by atoms with Gasteiger partial charge in [-0.1, -0.05) is 6.92 Å². The van der Waals surface area contributed by atoms with E-state index in [0.29, 0.717) is 5.75 Å². The second-order valence-electron chi connectivity index (χ2n) is 4.94. The van der Waals surface area contributed by atoms with Crippen LogP contribution in [0.2, 0.25) is 0 Å². The Kier molecular flexibility index (Phi) is 4.18. The standard InChI is InChI=1S/C14H18FNO2/c1-10-2-6-12(7-3-10)16-14(17)18-13-8-4-11(15)5-9-13/h4-5,8-10,12H,2-3,6-7H2,1H3,(H,16,17). The molecule has 1 amide bonds. The van der Waals surface area contributed by atoms with Crippen molar-refractivity contribution in [1.82, 2.24) is 5.32 Å².